The summed E-state index contributed by atoms with van der Waals surface area (Å²) in [7, 11) is 4.23. The number of fused-ring (bicyclic) bond motifs is 1. The lowest BCUT2D eigenvalue weighted by Gasteiger charge is -2.27. The molecule has 1 aliphatic rings. The van der Waals surface area contributed by atoms with Crippen LogP contribution in [0.4, 0.5) is 5.82 Å². The molecule has 2 atom stereocenters. The largest absolute Gasteiger partial charge is 0.444 e. The molecule has 3 rings (SSSR count). The highest BCUT2D eigenvalue weighted by Gasteiger charge is 2.29. The van der Waals surface area contributed by atoms with Gasteiger partial charge in [-0.05, 0) is 49.3 Å². The Balaban J connectivity index is 1.91. The van der Waals surface area contributed by atoms with Crippen molar-refractivity contribution in [3.8, 4) is 6.07 Å². The van der Waals surface area contributed by atoms with Crippen LogP contribution in [0.5, 0.6) is 0 Å². The Morgan fingerprint density at radius 3 is 3.00 bits per heavy atom. The van der Waals surface area contributed by atoms with E-state index in [1.165, 1.54) is 12.8 Å². The second-order valence-electron chi connectivity index (χ2n) is 5.63. The van der Waals surface area contributed by atoms with Gasteiger partial charge in [-0.3, -0.25) is 0 Å². The zero-order valence-corrected chi connectivity index (χ0v) is 13.6. The number of rotatable bonds is 3. The maximum absolute atomic E-state index is 8.92. The minimum Gasteiger partial charge on any atom is -0.444 e. The molecule has 1 fully saturated rings. The Labute approximate surface area is 132 Å². The minimum atomic E-state index is 0.302. The summed E-state index contributed by atoms with van der Waals surface area (Å²) in [4.78, 5) is 6.70. The number of nitriles is 1. The monoisotopic (exact) mass is 348 g/mol. The average molecular weight is 349 g/mol. The second-order valence-corrected chi connectivity index (χ2v) is 6.43. The van der Waals surface area contributed by atoms with Crippen molar-refractivity contribution in [1.82, 2.24) is 9.88 Å². The lowest BCUT2D eigenvalue weighted by atomic mass is 10.1. The quantitative estimate of drug-likeness (QED) is 0.921. The molecular formula is C15H17BrN4O. The first kappa shape index (κ1) is 14.4. The Morgan fingerprint density at radius 1 is 1.48 bits per heavy atom. The number of hydrogen-bond acceptors (Lipinski definition) is 5. The molecular weight excluding hydrogens is 332 g/mol. The molecule has 2 heterocycles. The molecule has 6 heteroatoms. The number of nitrogens with one attached hydrogen (secondary N) is 1. The van der Waals surface area contributed by atoms with Crippen molar-refractivity contribution in [2.45, 2.75) is 31.3 Å². The molecule has 0 aliphatic heterocycles. The zero-order valence-electron chi connectivity index (χ0n) is 12.1. The van der Waals surface area contributed by atoms with E-state index >= 15 is 0 Å². The van der Waals surface area contributed by atoms with E-state index in [-0.39, 0.29) is 0 Å². The Bertz CT molecular complexity index is 703. The van der Waals surface area contributed by atoms with Gasteiger partial charge in [-0.2, -0.15) is 5.26 Å². The van der Waals surface area contributed by atoms with Crippen molar-refractivity contribution in [2.75, 3.05) is 19.4 Å². The maximum Gasteiger partial charge on any atom is 0.204 e. The molecule has 0 aromatic carbocycles. The van der Waals surface area contributed by atoms with Crippen LogP contribution in [0.15, 0.2) is 21.2 Å². The van der Waals surface area contributed by atoms with Gasteiger partial charge in [-0.15, -0.1) is 0 Å². The average Bonchev–Trinajstić information content (AvgIpc) is 3.08. The first-order valence-electron chi connectivity index (χ1n) is 7.01. The molecule has 0 unspecified atom stereocenters. The maximum atomic E-state index is 8.92. The van der Waals surface area contributed by atoms with Crippen LogP contribution in [0.2, 0.25) is 0 Å². The lowest BCUT2D eigenvalue weighted by molar-refractivity contribution is 0.285. The molecule has 0 amide bonds. The van der Waals surface area contributed by atoms with Crippen molar-refractivity contribution >= 4 is 32.7 Å². The van der Waals surface area contributed by atoms with Crippen molar-refractivity contribution in [2.24, 2.45) is 0 Å². The summed E-state index contributed by atoms with van der Waals surface area (Å²) in [6.45, 7) is 0. The third-order valence-electron chi connectivity index (χ3n) is 4.09. The predicted molar refractivity (Wildman–Crippen MR) is 85.2 cm³/mol. The van der Waals surface area contributed by atoms with Crippen LogP contribution in [0.3, 0.4) is 0 Å². The highest BCUT2D eigenvalue weighted by molar-refractivity contribution is 9.10. The van der Waals surface area contributed by atoms with E-state index in [0.29, 0.717) is 23.4 Å². The van der Waals surface area contributed by atoms with Gasteiger partial charge in [0.25, 0.3) is 0 Å². The van der Waals surface area contributed by atoms with Gasteiger partial charge >= 0.3 is 0 Å². The van der Waals surface area contributed by atoms with Gasteiger partial charge in [-0.1, -0.05) is 0 Å². The summed E-state index contributed by atoms with van der Waals surface area (Å²) in [6, 6.07) is 4.67. The number of likely N-dealkylation sites (N-methyl/N-ethyl adjacent to an activating group) is 1. The molecule has 0 spiro atoms. The molecule has 2 aromatic rings. The number of aromatic nitrogens is 1. The fourth-order valence-electron chi connectivity index (χ4n) is 3.04. The molecule has 1 aliphatic carbocycles. The third-order valence-corrected chi connectivity index (χ3v) is 4.89. The van der Waals surface area contributed by atoms with Crippen molar-refractivity contribution in [1.29, 1.82) is 5.26 Å². The number of nitrogens with zero attached hydrogens (tertiary/aromatic N) is 3. The SMILES string of the molecule is CN(C)[C@H]1CCC[C@H]1Nc1ncc2oc(C#N)cc2c1Br. The van der Waals surface area contributed by atoms with Crippen molar-refractivity contribution in [3.05, 3.63) is 22.5 Å². The topological polar surface area (TPSA) is 65.1 Å². The molecule has 0 radical (unpaired) electrons. The molecule has 0 saturated heterocycles. The van der Waals surface area contributed by atoms with Crippen LogP contribution in [0.1, 0.15) is 25.0 Å². The van der Waals surface area contributed by atoms with Gasteiger partial charge in [0, 0.05) is 23.5 Å². The van der Waals surface area contributed by atoms with E-state index < -0.39 is 0 Å². The van der Waals surface area contributed by atoms with Crippen LogP contribution in [0, 0.1) is 11.3 Å². The van der Waals surface area contributed by atoms with E-state index in [1.807, 2.05) is 6.07 Å². The van der Waals surface area contributed by atoms with Gasteiger partial charge in [-0.25, -0.2) is 4.98 Å². The van der Waals surface area contributed by atoms with E-state index in [0.717, 1.165) is 22.1 Å². The summed E-state index contributed by atoms with van der Waals surface area (Å²) in [5.41, 5.74) is 0.625. The van der Waals surface area contributed by atoms with Gasteiger partial charge in [0.05, 0.1) is 10.7 Å². The normalized spacial score (nSPS) is 21.9. The third kappa shape index (κ3) is 2.63. The predicted octanol–water partition coefficient (Wildman–Crippen LogP) is 3.36. The Hall–Kier alpha value is -1.58. The molecule has 2 aromatic heterocycles. The fourth-order valence-corrected chi connectivity index (χ4v) is 3.56. The molecule has 110 valence electrons. The summed E-state index contributed by atoms with van der Waals surface area (Å²) < 4.78 is 6.25. The van der Waals surface area contributed by atoms with E-state index in [9.17, 15) is 0 Å². The van der Waals surface area contributed by atoms with Crippen molar-refractivity contribution in [3.63, 3.8) is 0 Å². The highest BCUT2D eigenvalue weighted by atomic mass is 79.9. The van der Waals surface area contributed by atoms with E-state index in [1.54, 1.807) is 12.3 Å². The van der Waals surface area contributed by atoms with Crippen LogP contribution in [0.25, 0.3) is 11.0 Å². The first-order valence-corrected chi connectivity index (χ1v) is 7.80. The summed E-state index contributed by atoms with van der Waals surface area (Å²) in [5, 5.41) is 13.3. The van der Waals surface area contributed by atoms with Crippen LogP contribution >= 0.6 is 15.9 Å². The summed E-state index contributed by atoms with van der Waals surface area (Å²) in [5.74, 6) is 1.11. The molecule has 5 nitrogen and oxygen atoms in total. The summed E-state index contributed by atoms with van der Waals surface area (Å²) >= 11 is 3.58. The van der Waals surface area contributed by atoms with Crippen molar-refractivity contribution < 1.29 is 4.42 Å². The lowest BCUT2D eigenvalue weighted by Crippen LogP contribution is -2.39. The number of hydrogen-bond donors (Lipinski definition) is 1. The molecule has 1 N–H and O–H groups in total. The Morgan fingerprint density at radius 2 is 2.29 bits per heavy atom. The van der Waals surface area contributed by atoms with E-state index in [2.05, 4.69) is 45.2 Å². The van der Waals surface area contributed by atoms with Crippen LogP contribution in [-0.2, 0) is 0 Å². The van der Waals surface area contributed by atoms with Gasteiger partial charge < -0.3 is 14.6 Å². The minimum absolute atomic E-state index is 0.302. The smallest absolute Gasteiger partial charge is 0.204 e. The van der Waals surface area contributed by atoms with Crippen LogP contribution in [-0.4, -0.2) is 36.1 Å². The fraction of sp³-hybridized carbons (Fsp3) is 0.467. The van der Waals surface area contributed by atoms with Gasteiger partial charge in [0.1, 0.15) is 11.9 Å². The number of anilines is 1. The number of furan rings is 1. The Kier molecular flexibility index (Phi) is 3.87. The molecule has 1 saturated carbocycles. The molecule has 0 bridgehead atoms. The van der Waals surface area contributed by atoms with Gasteiger partial charge in [0.2, 0.25) is 5.76 Å². The number of pyridine rings is 1. The van der Waals surface area contributed by atoms with Gasteiger partial charge in [0.15, 0.2) is 5.58 Å². The highest BCUT2D eigenvalue weighted by Crippen LogP contribution is 2.34. The number of halogens is 1. The standard InChI is InChI=1S/C15H17BrN4O/c1-20(2)12-5-3-4-11(12)19-15-14(16)10-6-9(7-17)21-13(10)8-18-15/h6,8,11-12H,3-5H2,1-2H3,(H,18,19)/t11-,12+/m1/s1. The van der Waals surface area contributed by atoms with Crippen LogP contribution < -0.4 is 5.32 Å². The first-order chi connectivity index (χ1) is 10.1. The second kappa shape index (κ2) is 5.66. The van der Waals surface area contributed by atoms with E-state index in [4.69, 9.17) is 9.68 Å². The molecule has 21 heavy (non-hydrogen) atoms. The summed E-state index contributed by atoms with van der Waals surface area (Å²) in [6.07, 6.45) is 5.24. The zero-order chi connectivity index (χ0) is 15.0.